The molecule has 1 aromatic rings. The molecule has 0 amide bonds. The van der Waals surface area contributed by atoms with Crippen molar-refractivity contribution in [1.82, 2.24) is 0 Å². The van der Waals surface area contributed by atoms with Crippen molar-refractivity contribution in [1.29, 1.82) is 0 Å². The van der Waals surface area contributed by atoms with E-state index in [1.807, 2.05) is 31.2 Å². The smallest absolute Gasteiger partial charge is 0.318 e. The molecule has 0 bridgehead atoms. The number of hydrogen-bond donors (Lipinski definition) is 0. The quantitative estimate of drug-likeness (QED) is 0.608. The molecule has 0 aromatic heterocycles. The lowest BCUT2D eigenvalue weighted by molar-refractivity contribution is -0.146. The standard InChI is InChI=1S/C14H17ClO3/c1-3-17-11-7-5-10(6-8-11)14(9-12(14)15)13(16)18-4-2/h5-8,12H,3-4,9H2,1-2H3. The van der Waals surface area contributed by atoms with E-state index in [2.05, 4.69) is 0 Å². The zero-order chi connectivity index (χ0) is 13.2. The third kappa shape index (κ3) is 2.19. The van der Waals surface area contributed by atoms with Crippen molar-refractivity contribution < 1.29 is 14.3 Å². The number of hydrogen-bond acceptors (Lipinski definition) is 3. The largest absolute Gasteiger partial charge is 0.494 e. The van der Waals surface area contributed by atoms with Crippen LogP contribution in [0.15, 0.2) is 24.3 Å². The van der Waals surface area contributed by atoms with Crippen LogP contribution in [0, 0.1) is 0 Å². The highest BCUT2D eigenvalue weighted by molar-refractivity contribution is 6.26. The zero-order valence-corrected chi connectivity index (χ0v) is 11.4. The monoisotopic (exact) mass is 268 g/mol. The van der Waals surface area contributed by atoms with Crippen LogP contribution in [0.3, 0.4) is 0 Å². The number of halogens is 1. The number of esters is 1. The summed E-state index contributed by atoms with van der Waals surface area (Å²) in [6, 6.07) is 7.51. The predicted octanol–water partition coefficient (Wildman–Crippen LogP) is 2.90. The number of ether oxygens (including phenoxy) is 2. The number of rotatable bonds is 5. The lowest BCUT2D eigenvalue weighted by atomic mass is 9.96. The summed E-state index contributed by atoms with van der Waals surface area (Å²) >= 11 is 6.14. The van der Waals surface area contributed by atoms with Crippen LogP contribution < -0.4 is 4.74 Å². The van der Waals surface area contributed by atoms with Crippen molar-refractivity contribution in [3.63, 3.8) is 0 Å². The van der Waals surface area contributed by atoms with Crippen molar-refractivity contribution in [2.45, 2.75) is 31.1 Å². The van der Waals surface area contributed by atoms with Crippen LogP contribution in [-0.4, -0.2) is 24.6 Å². The molecule has 0 aliphatic heterocycles. The summed E-state index contributed by atoms with van der Waals surface area (Å²) in [7, 11) is 0. The van der Waals surface area contributed by atoms with Crippen LogP contribution in [0.2, 0.25) is 0 Å². The van der Waals surface area contributed by atoms with Crippen molar-refractivity contribution in [3.05, 3.63) is 29.8 Å². The van der Waals surface area contributed by atoms with E-state index in [0.29, 0.717) is 19.6 Å². The van der Waals surface area contributed by atoms with Gasteiger partial charge in [0.25, 0.3) is 0 Å². The van der Waals surface area contributed by atoms with E-state index in [4.69, 9.17) is 21.1 Å². The first kappa shape index (κ1) is 13.2. The summed E-state index contributed by atoms with van der Waals surface area (Å²) in [5.74, 6) is 0.571. The van der Waals surface area contributed by atoms with Gasteiger partial charge in [-0.25, -0.2) is 0 Å². The van der Waals surface area contributed by atoms with E-state index in [0.717, 1.165) is 11.3 Å². The molecule has 0 spiro atoms. The summed E-state index contributed by atoms with van der Waals surface area (Å²) in [6.45, 7) is 4.74. The van der Waals surface area contributed by atoms with Gasteiger partial charge in [-0.2, -0.15) is 0 Å². The Balaban J connectivity index is 2.21. The second-order valence-electron chi connectivity index (χ2n) is 4.32. The highest BCUT2D eigenvalue weighted by Gasteiger charge is 2.61. The SMILES string of the molecule is CCOC(=O)C1(c2ccc(OCC)cc2)CC1Cl. The van der Waals surface area contributed by atoms with Gasteiger partial charge in [0.05, 0.1) is 18.6 Å². The minimum absolute atomic E-state index is 0.172. The average Bonchev–Trinajstić information content (AvgIpc) is 3.04. The van der Waals surface area contributed by atoms with Crippen molar-refractivity contribution in [2.24, 2.45) is 0 Å². The normalized spacial score (nSPS) is 25.6. The Bertz CT molecular complexity index is 429. The van der Waals surface area contributed by atoms with E-state index in [9.17, 15) is 4.79 Å². The molecule has 1 saturated carbocycles. The van der Waals surface area contributed by atoms with Gasteiger partial charge in [0.1, 0.15) is 11.2 Å². The third-order valence-electron chi connectivity index (χ3n) is 3.20. The molecule has 2 unspecified atom stereocenters. The van der Waals surface area contributed by atoms with Gasteiger partial charge < -0.3 is 9.47 Å². The molecule has 2 atom stereocenters. The molecule has 1 aromatic carbocycles. The minimum Gasteiger partial charge on any atom is -0.494 e. The van der Waals surface area contributed by atoms with Gasteiger partial charge in [0.15, 0.2) is 0 Å². The maximum absolute atomic E-state index is 12.0. The Morgan fingerprint density at radius 2 is 1.94 bits per heavy atom. The van der Waals surface area contributed by atoms with E-state index in [-0.39, 0.29) is 11.3 Å². The van der Waals surface area contributed by atoms with E-state index < -0.39 is 5.41 Å². The lowest BCUT2D eigenvalue weighted by Crippen LogP contribution is -2.26. The number of benzene rings is 1. The maximum atomic E-state index is 12.0. The Labute approximate surface area is 112 Å². The zero-order valence-electron chi connectivity index (χ0n) is 10.6. The summed E-state index contributed by atoms with van der Waals surface area (Å²) in [6.07, 6.45) is 0.640. The molecule has 0 N–H and O–H groups in total. The van der Waals surface area contributed by atoms with Crippen LogP contribution in [0.1, 0.15) is 25.8 Å². The molecule has 0 saturated heterocycles. The molecule has 3 nitrogen and oxygen atoms in total. The van der Waals surface area contributed by atoms with Gasteiger partial charge in [-0.1, -0.05) is 12.1 Å². The lowest BCUT2D eigenvalue weighted by Gasteiger charge is -2.15. The molecular formula is C14H17ClO3. The molecule has 0 radical (unpaired) electrons. The second kappa shape index (κ2) is 5.19. The Kier molecular flexibility index (Phi) is 3.81. The van der Waals surface area contributed by atoms with Gasteiger partial charge in [0, 0.05) is 0 Å². The fourth-order valence-electron chi connectivity index (χ4n) is 2.13. The molecule has 18 heavy (non-hydrogen) atoms. The first-order chi connectivity index (χ1) is 8.65. The number of carbonyl (C=O) groups excluding carboxylic acids is 1. The molecule has 98 valence electrons. The van der Waals surface area contributed by atoms with Crippen molar-refractivity contribution >= 4 is 17.6 Å². The van der Waals surface area contributed by atoms with Gasteiger partial charge in [-0.15, -0.1) is 11.6 Å². The summed E-state index contributed by atoms with van der Waals surface area (Å²) < 4.78 is 10.5. The maximum Gasteiger partial charge on any atom is 0.318 e. The fourth-order valence-corrected chi connectivity index (χ4v) is 2.59. The van der Waals surface area contributed by atoms with Gasteiger partial charge in [-0.05, 0) is 38.0 Å². The molecule has 4 heteroatoms. The highest BCUT2D eigenvalue weighted by atomic mass is 35.5. The first-order valence-electron chi connectivity index (χ1n) is 6.19. The van der Waals surface area contributed by atoms with Gasteiger partial charge in [-0.3, -0.25) is 4.79 Å². The minimum atomic E-state index is -0.650. The van der Waals surface area contributed by atoms with Crippen LogP contribution in [0.5, 0.6) is 5.75 Å². The Morgan fingerprint density at radius 3 is 2.39 bits per heavy atom. The van der Waals surface area contributed by atoms with E-state index >= 15 is 0 Å². The average molecular weight is 269 g/mol. The van der Waals surface area contributed by atoms with E-state index in [1.165, 1.54) is 0 Å². The second-order valence-corrected chi connectivity index (χ2v) is 4.85. The number of carbonyl (C=O) groups is 1. The molecule has 0 heterocycles. The molecular weight excluding hydrogens is 252 g/mol. The fraction of sp³-hybridized carbons (Fsp3) is 0.500. The summed E-state index contributed by atoms with van der Waals surface area (Å²) in [5.41, 5.74) is 0.256. The number of alkyl halides is 1. The van der Waals surface area contributed by atoms with Crippen LogP contribution in [0.4, 0.5) is 0 Å². The predicted molar refractivity (Wildman–Crippen MR) is 70.2 cm³/mol. The topological polar surface area (TPSA) is 35.5 Å². The van der Waals surface area contributed by atoms with Gasteiger partial charge >= 0.3 is 5.97 Å². The Hall–Kier alpha value is -1.22. The highest BCUT2D eigenvalue weighted by Crippen LogP contribution is 2.53. The molecule has 1 fully saturated rings. The van der Waals surface area contributed by atoms with E-state index in [1.54, 1.807) is 6.92 Å². The van der Waals surface area contributed by atoms with Crippen molar-refractivity contribution in [2.75, 3.05) is 13.2 Å². The summed E-state index contributed by atoms with van der Waals surface area (Å²) in [4.78, 5) is 12.0. The molecule has 2 rings (SSSR count). The molecule has 1 aliphatic rings. The molecule has 1 aliphatic carbocycles. The van der Waals surface area contributed by atoms with Gasteiger partial charge in [0.2, 0.25) is 0 Å². The van der Waals surface area contributed by atoms with Crippen LogP contribution in [-0.2, 0) is 14.9 Å². The van der Waals surface area contributed by atoms with Crippen LogP contribution in [0.25, 0.3) is 0 Å². The Morgan fingerprint density at radius 1 is 1.33 bits per heavy atom. The first-order valence-corrected chi connectivity index (χ1v) is 6.63. The van der Waals surface area contributed by atoms with Crippen LogP contribution >= 0.6 is 11.6 Å². The summed E-state index contributed by atoms with van der Waals surface area (Å²) in [5, 5.41) is -0.172. The third-order valence-corrected chi connectivity index (χ3v) is 3.72. The van der Waals surface area contributed by atoms with Crippen molar-refractivity contribution in [3.8, 4) is 5.75 Å².